The van der Waals surface area contributed by atoms with Crippen LogP contribution in [0.1, 0.15) is 13.8 Å². The van der Waals surface area contributed by atoms with Crippen LogP contribution in [0.25, 0.3) is 0 Å². The van der Waals surface area contributed by atoms with Gasteiger partial charge in [-0.15, -0.1) is 0 Å². The number of aromatic nitrogens is 1. The topological polar surface area (TPSA) is 34.2 Å². The first-order valence-electron chi connectivity index (χ1n) is 4.04. The van der Waals surface area contributed by atoms with E-state index in [1.807, 2.05) is 33.0 Å². The van der Waals surface area contributed by atoms with Crippen LogP contribution in [0.5, 0.6) is 5.88 Å². The molecule has 0 saturated heterocycles. The molecule has 3 nitrogen and oxygen atoms in total. The summed E-state index contributed by atoms with van der Waals surface area (Å²) in [4.78, 5) is 3.94. The van der Waals surface area contributed by atoms with Crippen LogP contribution in [0, 0.1) is 0 Å². The zero-order chi connectivity index (χ0) is 9.40. The minimum atomic E-state index is 0.631. The summed E-state index contributed by atoms with van der Waals surface area (Å²) in [6, 6.07) is 3.71. The fraction of sp³-hybridized carbons (Fsp3) is 0.444. The number of hydrogen-bond donors (Lipinski definition) is 1. The van der Waals surface area contributed by atoms with Gasteiger partial charge < -0.3 is 10.1 Å². The Bertz CT molecular complexity index is 194. The number of nitrogens with zero attached hydrogens (tertiary/aromatic N) is 1. The zero-order valence-electron chi connectivity index (χ0n) is 8.09. The Morgan fingerprint density at radius 2 is 2.08 bits per heavy atom. The smallest absolute Gasteiger partial charge is 0.214 e. The monoisotopic (exact) mass is 168 g/mol. The van der Waals surface area contributed by atoms with Gasteiger partial charge >= 0.3 is 0 Å². The summed E-state index contributed by atoms with van der Waals surface area (Å²) in [6.45, 7) is 4.00. The first-order chi connectivity index (χ1) is 5.86. The van der Waals surface area contributed by atoms with Gasteiger partial charge in [-0.1, -0.05) is 13.8 Å². The molecule has 1 aromatic rings. The summed E-state index contributed by atoms with van der Waals surface area (Å²) in [6.07, 6.45) is 1.70. The van der Waals surface area contributed by atoms with E-state index >= 15 is 0 Å². The lowest BCUT2D eigenvalue weighted by Gasteiger charge is -2.00. The average molecular weight is 168 g/mol. The van der Waals surface area contributed by atoms with Crippen molar-refractivity contribution in [2.75, 3.05) is 19.5 Å². The van der Waals surface area contributed by atoms with E-state index < -0.39 is 0 Å². The van der Waals surface area contributed by atoms with Crippen LogP contribution >= 0.6 is 0 Å². The van der Waals surface area contributed by atoms with Crippen molar-refractivity contribution in [2.45, 2.75) is 13.8 Å². The molecule has 0 radical (unpaired) electrons. The highest BCUT2D eigenvalue weighted by Crippen LogP contribution is 2.11. The van der Waals surface area contributed by atoms with E-state index in [0.717, 1.165) is 5.69 Å². The Kier molecular flexibility index (Phi) is 5.79. The molecule has 1 rings (SSSR count). The summed E-state index contributed by atoms with van der Waals surface area (Å²) >= 11 is 0. The Hall–Kier alpha value is -1.25. The highest BCUT2D eigenvalue weighted by molar-refractivity contribution is 5.44. The molecule has 0 bridgehead atoms. The van der Waals surface area contributed by atoms with Gasteiger partial charge in [0.05, 0.1) is 7.11 Å². The lowest BCUT2D eigenvalue weighted by Crippen LogP contribution is -1.91. The molecule has 0 aliphatic carbocycles. The molecule has 0 spiro atoms. The minimum absolute atomic E-state index is 0.631. The van der Waals surface area contributed by atoms with E-state index in [4.69, 9.17) is 4.74 Å². The fourth-order valence-corrected chi connectivity index (χ4v) is 0.677. The molecule has 0 unspecified atom stereocenters. The van der Waals surface area contributed by atoms with Gasteiger partial charge in [-0.2, -0.15) is 0 Å². The van der Waals surface area contributed by atoms with E-state index in [2.05, 4.69) is 10.3 Å². The predicted octanol–water partition coefficient (Wildman–Crippen LogP) is 2.16. The first-order valence-corrected chi connectivity index (χ1v) is 4.04. The van der Waals surface area contributed by atoms with E-state index in [-0.39, 0.29) is 0 Å². The van der Waals surface area contributed by atoms with Crippen molar-refractivity contribution in [2.24, 2.45) is 0 Å². The average Bonchev–Trinajstić information content (AvgIpc) is 2.21. The van der Waals surface area contributed by atoms with Crippen molar-refractivity contribution in [3.05, 3.63) is 18.3 Å². The molecular weight excluding hydrogens is 152 g/mol. The SMILES string of the molecule is CC.CNc1ccnc(OC)c1. The number of rotatable bonds is 2. The predicted molar refractivity (Wildman–Crippen MR) is 51.7 cm³/mol. The Balaban J connectivity index is 0.000000561. The summed E-state index contributed by atoms with van der Waals surface area (Å²) in [5, 5.41) is 2.98. The maximum atomic E-state index is 4.91. The lowest BCUT2D eigenvalue weighted by molar-refractivity contribution is 0.398. The van der Waals surface area contributed by atoms with Crippen LogP contribution < -0.4 is 10.1 Å². The van der Waals surface area contributed by atoms with Crippen molar-refractivity contribution in [1.82, 2.24) is 4.98 Å². The highest BCUT2D eigenvalue weighted by Gasteiger charge is 1.91. The molecule has 12 heavy (non-hydrogen) atoms. The molecule has 1 aromatic heterocycles. The van der Waals surface area contributed by atoms with Crippen molar-refractivity contribution >= 4 is 5.69 Å². The van der Waals surface area contributed by atoms with Crippen molar-refractivity contribution in [1.29, 1.82) is 0 Å². The minimum Gasteiger partial charge on any atom is -0.481 e. The molecule has 0 aliphatic heterocycles. The van der Waals surface area contributed by atoms with Crippen LogP contribution in [-0.2, 0) is 0 Å². The zero-order valence-corrected chi connectivity index (χ0v) is 8.09. The Morgan fingerprint density at radius 1 is 1.42 bits per heavy atom. The van der Waals surface area contributed by atoms with E-state index in [9.17, 15) is 0 Å². The second-order valence-electron chi connectivity index (χ2n) is 1.84. The van der Waals surface area contributed by atoms with E-state index in [1.54, 1.807) is 13.3 Å². The number of nitrogens with one attached hydrogen (secondary N) is 1. The molecule has 0 amide bonds. The van der Waals surface area contributed by atoms with Gasteiger partial charge in [-0.3, -0.25) is 0 Å². The van der Waals surface area contributed by atoms with Crippen molar-refractivity contribution < 1.29 is 4.74 Å². The number of ether oxygens (including phenoxy) is 1. The third-order valence-electron chi connectivity index (χ3n) is 1.23. The quantitative estimate of drug-likeness (QED) is 0.734. The second-order valence-corrected chi connectivity index (χ2v) is 1.84. The third-order valence-corrected chi connectivity index (χ3v) is 1.23. The summed E-state index contributed by atoms with van der Waals surface area (Å²) < 4.78 is 4.91. The molecule has 0 atom stereocenters. The third kappa shape index (κ3) is 3.23. The maximum Gasteiger partial charge on any atom is 0.214 e. The summed E-state index contributed by atoms with van der Waals surface area (Å²) in [5.41, 5.74) is 1.01. The standard InChI is InChI=1S/C7H10N2O.C2H6/c1-8-6-3-4-9-7(5-6)10-2;1-2/h3-5H,1-2H3,(H,8,9);1-2H3. The van der Waals surface area contributed by atoms with Gasteiger partial charge in [0.2, 0.25) is 5.88 Å². The van der Waals surface area contributed by atoms with Crippen molar-refractivity contribution in [3.8, 4) is 5.88 Å². The lowest BCUT2D eigenvalue weighted by atomic mass is 10.4. The van der Waals surface area contributed by atoms with Crippen LogP contribution in [0.4, 0.5) is 5.69 Å². The molecule has 1 N–H and O–H groups in total. The largest absolute Gasteiger partial charge is 0.481 e. The van der Waals surface area contributed by atoms with Gasteiger partial charge in [0, 0.05) is 25.0 Å². The maximum absolute atomic E-state index is 4.91. The van der Waals surface area contributed by atoms with Crippen molar-refractivity contribution in [3.63, 3.8) is 0 Å². The van der Waals surface area contributed by atoms with Gasteiger partial charge in [0.1, 0.15) is 0 Å². The van der Waals surface area contributed by atoms with Crippen LogP contribution in [-0.4, -0.2) is 19.1 Å². The van der Waals surface area contributed by atoms with Gasteiger partial charge in [0.25, 0.3) is 0 Å². The fourth-order valence-electron chi connectivity index (χ4n) is 0.677. The Morgan fingerprint density at radius 3 is 2.58 bits per heavy atom. The molecule has 0 saturated carbocycles. The normalized spacial score (nSPS) is 8.00. The van der Waals surface area contributed by atoms with Crippen LogP contribution in [0.15, 0.2) is 18.3 Å². The summed E-state index contributed by atoms with van der Waals surface area (Å²) in [7, 11) is 3.45. The number of pyridine rings is 1. The molecular formula is C9H16N2O. The van der Waals surface area contributed by atoms with Gasteiger partial charge in [-0.05, 0) is 6.07 Å². The van der Waals surface area contributed by atoms with Gasteiger partial charge in [-0.25, -0.2) is 4.98 Å². The number of methoxy groups -OCH3 is 1. The summed E-state index contributed by atoms with van der Waals surface area (Å²) in [5.74, 6) is 0.631. The second kappa shape index (κ2) is 6.46. The van der Waals surface area contributed by atoms with E-state index in [1.165, 1.54) is 0 Å². The van der Waals surface area contributed by atoms with Crippen LogP contribution in [0.2, 0.25) is 0 Å². The van der Waals surface area contributed by atoms with Gasteiger partial charge in [0.15, 0.2) is 0 Å². The molecule has 0 fully saturated rings. The van der Waals surface area contributed by atoms with E-state index in [0.29, 0.717) is 5.88 Å². The molecule has 3 heteroatoms. The Labute approximate surface area is 73.8 Å². The molecule has 68 valence electrons. The molecule has 1 heterocycles. The number of hydrogen-bond acceptors (Lipinski definition) is 3. The van der Waals surface area contributed by atoms with Crippen LogP contribution in [0.3, 0.4) is 0 Å². The number of anilines is 1. The molecule has 0 aliphatic rings. The highest BCUT2D eigenvalue weighted by atomic mass is 16.5. The molecule has 0 aromatic carbocycles. The first kappa shape index (κ1) is 10.8.